The number of benzene rings is 2. The predicted octanol–water partition coefficient (Wildman–Crippen LogP) is 3.01. The van der Waals surface area contributed by atoms with Gasteiger partial charge >= 0.3 is 6.03 Å². The van der Waals surface area contributed by atoms with E-state index in [0.29, 0.717) is 16.4 Å². The first-order valence-electron chi connectivity index (χ1n) is 7.64. The highest BCUT2D eigenvalue weighted by atomic mass is 35.5. The van der Waals surface area contributed by atoms with E-state index in [4.69, 9.17) is 17.3 Å². The second kappa shape index (κ2) is 8.19. The van der Waals surface area contributed by atoms with E-state index >= 15 is 0 Å². The number of halogens is 2. The van der Waals surface area contributed by atoms with Gasteiger partial charge in [-0.2, -0.15) is 0 Å². The minimum absolute atomic E-state index is 0.155. The monoisotopic (exact) mass is 405 g/mol. The van der Waals surface area contributed by atoms with Crippen molar-refractivity contribution in [2.24, 2.45) is 5.73 Å². The molecule has 3 rings (SSSR count). The fraction of sp³-hybridized carbons (Fsp3) is 0.0588. The molecule has 0 fully saturated rings. The van der Waals surface area contributed by atoms with Crippen LogP contribution in [-0.4, -0.2) is 32.5 Å². The summed E-state index contributed by atoms with van der Waals surface area (Å²) in [5.41, 5.74) is 5.68. The van der Waals surface area contributed by atoms with Crippen LogP contribution in [0.2, 0.25) is 5.02 Å². The second-order valence-electron chi connectivity index (χ2n) is 5.27. The summed E-state index contributed by atoms with van der Waals surface area (Å²) in [5.74, 6) is -0.926. The van der Waals surface area contributed by atoms with Crippen LogP contribution in [0.5, 0.6) is 0 Å². The Hall–Kier alpha value is -2.91. The van der Waals surface area contributed by atoms with Gasteiger partial charge in [-0.25, -0.2) is 9.18 Å². The third kappa shape index (κ3) is 4.26. The number of amides is 3. The van der Waals surface area contributed by atoms with Crippen molar-refractivity contribution in [1.29, 1.82) is 0 Å². The summed E-state index contributed by atoms with van der Waals surface area (Å²) in [7, 11) is 0. The van der Waals surface area contributed by atoms with Gasteiger partial charge in [0.05, 0.1) is 16.5 Å². The van der Waals surface area contributed by atoms with Crippen molar-refractivity contribution in [1.82, 2.24) is 20.1 Å². The average Bonchev–Trinajstić information content (AvgIpc) is 3.04. The minimum atomic E-state index is -0.951. The van der Waals surface area contributed by atoms with Gasteiger partial charge in [-0.15, -0.1) is 10.2 Å². The number of nitrogens with two attached hydrogens (primary N) is 1. The van der Waals surface area contributed by atoms with E-state index in [1.54, 1.807) is 42.5 Å². The smallest absolute Gasteiger partial charge is 0.318 e. The molecular formula is C17H13ClFN5O2S. The molecule has 0 aliphatic rings. The number of para-hydroxylation sites is 1. The summed E-state index contributed by atoms with van der Waals surface area (Å²) >= 11 is 7.24. The molecule has 7 nitrogen and oxygen atoms in total. The largest absolute Gasteiger partial charge is 0.351 e. The molecule has 0 radical (unpaired) electrons. The number of hydrogen-bond donors (Lipinski definition) is 2. The number of imide groups is 1. The Balaban J connectivity index is 2.05. The van der Waals surface area contributed by atoms with E-state index in [1.165, 1.54) is 10.6 Å². The first-order valence-corrected chi connectivity index (χ1v) is 9.01. The third-order valence-corrected chi connectivity index (χ3v) is 4.69. The van der Waals surface area contributed by atoms with E-state index in [1.807, 2.05) is 5.32 Å². The summed E-state index contributed by atoms with van der Waals surface area (Å²) < 4.78 is 15.9. The summed E-state index contributed by atoms with van der Waals surface area (Å²) in [4.78, 5) is 22.5. The Kier molecular flexibility index (Phi) is 5.72. The van der Waals surface area contributed by atoms with Crippen molar-refractivity contribution >= 4 is 35.3 Å². The zero-order valence-electron chi connectivity index (χ0n) is 13.7. The number of primary amides is 1. The lowest BCUT2D eigenvalue weighted by Gasteiger charge is -2.11. The van der Waals surface area contributed by atoms with Gasteiger partial charge in [0.1, 0.15) is 5.82 Å². The molecule has 3 N–H and O–H groups in total. The number of hydrogen-bond acceptors (Lipinski definition) is 5. The van der Waals surface area contributed by atoms with Crippen molar-refractivity contribution in [3.05, 3.63) is 59.4 Å². The molecule has 0 aliphatic heterocycles. The highest BCUT2D eigenvalue weighted by Crippen LogP contribution is 2.32. The van der Waals surface area contributed by atoms with Crippen LogP contribution in [-0.2, 0) is 4.79 Å². The topological polar surface area (TPSA) is 103 Å². The number of nitrogens with zero attached hydrogens (tertiary/aromatic N) is 3. The number of rotatable bonds is 5. The van der Waals surface area contributed by atoms with Gasteiger partial charge in [-0.1, -0.05) is 47.6 Å². The maximum absolute atomic E-state index is 14.4. The van der Waals surface area contributed by atoms with Crippen LogP contribution in [0.15, 0.2) is 53.7 Å². The molecular weight excluding hydrogens is 393 g/mol. The van der Waals surface area contributed by atoms with Gasteiger partial charge in [0.25, 0.3) is 0 Å². The van der Waals surface area contributed by atoms with Crippen LogP contribution < -0.4 is 11.1 Å². The van der Waals surface area contributed by atoms with E-state index in [2.05, 4.69) is 10.2 Å². The molecule has 2 aromatic carbocycles. The van der Waals surface area contributed by atoms with Gasteiger partial charge in [0, 0.05) is 5.56 Å². The van der Waals surface area contributed by atoms with Crippen molar-refractivity contribution < 1.29 is 14.0 Å². The Morgan fingerprint density at radius 1 is 1.15 bits per heavy atom. The number of aromatic nitrogens is 3. The normalized spacial score (nSPS) is 10.6. The minimum Gasteiger partial charge on any atom is -0.351 e. The van der Waals surface area contributed by atoms with Gasteiger partial charge in [-0.3, -0.25) is 14.7 Å². The molecule has 0 saturated carbocycles. The van der Waals surface area contributed by atoms with Crippen LogP contribution >= 0.6 is 23.4 Å². The Morgan fingerprint density at radius 2 is 1.85 bits per heavy atom. The zero-order valence-corrected chi connectivity index (χ0v) is 15.3. The molecule has 0 bridgehead atoms. The van der Waals surface area contributed by atoms with E-state index in [0.717, 1.165) is 11.8 Å². The number of carbonyl (C=O) groups is 2. The lowest BCUT2D eigenvalue weighted by atomic mass is 10.2. The van der Waals surface area contributed by atoms with Crippen molar-refractivity contribution in [3.63, 3.8) is 0 Å². The maximum Gasteiger partial charge on any atom is 0.318 e. The van der Waals surface area contributed by atoms with Crippen molar-refractivity contribution in [2.75, 3.05) is 5.75 Å². The molecule has 3 aromatic rings. The van der Waals surface area contributed by atoms with Crippen LogP contribution in [0, 0.1) is 5.82 Å². The number of carbonyl (C=O) groups excluding carboxylic acids is 2. The quantitative estimate of drug-likeness (QED) is 0.635. The SMILES string of the molecule is NC(=O)NC(=O)CSc1nnc(-c2ccccc2Cl)n1-c1ccccc1F. The van der Waals surface area contributed by atoms with E-state index < -0.39 is 17.8 Å². The van der Waals surface area contributed by atoms with E-state index in [9.17, 15) is 14.0 Å². The molecule has 0 unspecified atom stereocenters. The van der Waals surface area contributed by atoms with Crippen molar-refractivity contribution in [2.45, 2.75) is 5.16 Å². The highest BCUT2D eigenvalue weighted by molar-refractivity contribution is 7.99. The lowest BCUT2D eigenvalue weighted by molar-refractivity contribution is -0.117. The predicted molar refractivity (Wildman–Crippen MR) is 100 cm³/mol. The third-order valence-electron chi connectivity index (χ3n) is 3.44. The highest BCUT2D eigenvalue weighted by Gasteiger charge is 2.20. The zero-order chi connectivity index (χ0) is 19.4. The molecule has 3 amide bonds. The molecule has 0 saturated heterocycles. The van der Waals surface area contributed by atoms with Crippen LogP contribution in [0.4, 0.5) is 9.18 Å². The van der Waals surface area contributed by atoms with Gasteiger partial charge < -0.3 is 5.73 Å². The van der Waals surface area contributed by atoms with Crippen LogP contribution in [0.1, 0.15) is 0 Å². The van der Waals surface area contributed by atoms with Gasteiger partial charge in [0.15, 0.2) is 11.0 Å². The maximum atomic E-state index is 14.4. The molecule has 0 spiro atoms. The number of urea groups is 1. The van der Waals surface area contributed by atoms with Crippen molar-refractivity contribution in [3.8, 4) is 17.1 Å². The first-order chi connectivity index (χ1) is 13.0. The van der Waals surface area contributed by atoms with Gasteiger partial charge in [0.2, 0.25) is 5.91 Å². The number of thioether (sulfide) groups is 1. The summed E-state index contributed by atoms with van der Waals surface area (Å²) in [6, 6.07) is 12.1. The average molecular weight is 406 g/mol. The Labute approximate surface area is 162 Å². The summed E-state index contributed by atoms with van der Waals surface area (Å²) in [6.45, 7) is 0. The molecule has 27 heavy (non-hydrogen) atoms. The van der Waals surface area contributed by atoms with E-state index in [-0.39, 0.29) is 16.6 Å². The summed E-state index contributed by atoms with van der Waals surface area (Å²) in [6.07, 6.45) is 0. The molecule has 1 aromatic heterocycles. The fourth-order valence-corrected chi connectivity index (χ4v) is 3.30. The number of nitrogens with one attached hydrogen (secondary N) is 1. The molecule has 0 atom stereocenters. The molecule has 10 heteroatoms. The Bertz CT molecular complexity index is 1010. The van der Waals surface area contributed by atoms with Crippen LogP contribution in [0.25, 0.3) is 17.1 Å². The van der Waals surface area contributed by atoms with Gasteiger partial charge in [-0.05, 0) is 24.3 Å². The molecule has 138 valence electrons. The molecule has 1 heterocycles. The molecule has 0 aliphatic carbocycles. The van der Waals surface area contributed by atoms with Crippen LogP contribution in [0.3, 0.4) is 0 Å². The Morgan fingerprint density at radius 3 is 2.56 bits per heavy atom. The standard InChI is InChI=1S/C17H13ClFN5O2S/c18-11-6-2-1-5-10(11)15-22-23-17(27-9-14(25)21-16(20)26)24(15)13-8-4-3-7-12(13)19/h1-8H,9H2,(H3,20,21,25,26). The second-order valence-corrected chi connectivity index (χ2v) is 6.62. The fourth-order valence-electron chi connectivity index (χ4n) is 2.33. The first kappa shape index (κ1) is 18.9. The summed E-state index contributed by atoms with van der Waals surface area (Å²) in [5, 5.41) is 10.8. The lowest BCUT2D eigenvalue weighted by Crippen LogP contribution is -2.36.